The summed E-state index contributed by atoms with van der Waals surface area (Å²) < 4.78 is 5.30. The molecule has 2 aliphatic rings. The minimum Gasteiger partial charge on any atom is -0.316 e. The zero-order valence-electron chi connectivity index (χ0n) is 11.0. The summed E-state index contributed by atoms with van der Waals surface area (Å²) in [7, 11) is 0. The molecule has 0 aromatic carbocycles. The maximum atomic E-state index is 5.59. The molecule has 1 N–H and O–H groups in total. The van der Waals surface area contributed by atoms with Crippen molar-refractivity contribution >= 4 is 12.2 Å². The van der Waals surface area contributed by atoms with Gasteiger partial charge in [0.15, 0.2) is 6.67 Å². The lowest BCUT2D eigenvalue weighted by atomic mass is 10.1. The van der Waals surface area contributed by atoms with Crippen molar-refractivity contribution in [2.45, 2.75) is 58.2 Å². The number of fused-ring (bicyclic) bond motifs is 1. The van der Waals surface area contributed by atoms with Crippen LogP contribution >= 0.6 is 12.2 Å². The highest BCUT2D eigenvalue weighted by molar-refractivity contribution is 7.71. The number of hydrogen-bond acceptors (Lipinski definition) is 2. The second-order valence-electron chi connectivity index (χ2n) is 5.63. The zero-order valence-corrected chi connectivity index (χ0v) is 11.8. The van der Waals surface area contributed by atoms with Gasteiger partial charge < -0.3 is 9.47 Å². The van der Waals surface area contributed by atoms with Gasteiger partial charge in [-0.3, -0.25) is 0 Å². The van der Waals surface area contributed by atoms with Crippen molar-refractivity contribution in [3.63, 3.8) is 0 Å². The molecule has 18 heavy (non-hydrogen) atoms. The number of rotatable bonds is 2. The standard InChI is InChI=1S/C13H22N4S/c18-13-16-10-6-1-3-7-12(16)14-17(13)11-15-8-4-2-5-9-15/h1-11H2/p+1. The summed E-state index contributed by atoms with van der Waals surface area (Å²) in [5, 5.41) is 4.76. The Kier molecular flexibility index (Phi) is 3.80. The number of hydrogen-bond donors (Lipinski definition) is 1. The molecule has 4 nitrogen and oxygen atoms in total. The Morgan fingerprint density at radius 1 is 1.06 bits per heavy atom. The largest absolute Gasteiger partial charge is 0.316 e. The summed E-state index contributed by atoms with van der Waals surface area (Å²) in [5.74, 6) is 1.22. The van der Waals surface area contributed by atoms with Crippen LogP contribution in [0.3, 0.4) is 0 Å². The van der Waals surface area contributed by atoms with Gasteiger partial charge in [-0.2, -0.15) is 9.78 Å². The molecule has 1 fully saturated rings. The van der Waals surface area contributed by atoms with Crippen LogP contribution in [0.15, 0.2) is 0 Å². The van der Waals surface area contributed by atoms with E-state index in [4.69, 9.17) is 17.3 Å². The van der Waals surface area contributed by atoms with E-state index in [0.717, 1.165) is 24.4 Å². The van der Waals surface area contributed by atoms with Crippen molar-refractivity contribution in [2.24, 2.45) is 0 Å². The maximum Gasteiger partial charge on any atom is 0.202 e. The third kappa shape index (κ3) is 2.52. The zero-order chi connectivity index (χ0) is 12.4. The molecule has 0 aliphatic carbocycles. The van der Waals surface area contributed by atoms with Crippen LogP contribution in [-0.4, -0.2) is 27.4 Å². The second-order valence-corrected chi connectivity index (χ2v) is 5.99. The van der Waals surface area contributed by atoms with Gasteiger partial charge >= 0.3 is 0 Å². The number of aromatic nitrogens is 3. The third-order valence-corrected chi connectivity index (χ3v) is 4.65. The van der Waals surface area contributed by atoms with Gasteiger partial charge in [0.1, 0.15) is 5.82 Å². The van der Waals surface area contributed by atoms with Crippen molar-refractivity contribution in [1.82, 2.24) is 14.3 Å². The van der Waals surface area contributed by atoms with Crippen molar-refractivity contribution in [1.29, 1.82) is 0 Å². The molecule has 1 aromatic heterocycles. The quantitative estimate of drug-likeness (QED) is 0.814. The van der Waals surface area contributed by atoms with E-state index in [1.54, 1.807) is 4.90 Å². The molecule has 0 radical (unpaired) electrons. The summed E-state index contributed by atoms with van der Waals surface area (Å²) in [5.41, 5.74) is 0. The lowest BCUT2D eigenvalue weighted by Gasteiger charge is -2.22. The van der Waals surface area contributed by atoms with E-state index in [1.807, 2.05) is 0 Å². The highest BCUT2D eigenvalue weighted by atomic mass is 32.1. The average molecular weight is 267 g/mol. The van der Waals surface area contributed by atoms with Gasteiger partial charge in [0, 0.05) is 13.0 Å². The molecule has 0 spiro atoms. The van der Waals surface area contributed by atoms with Crippen LogP contribution in [0.25, 0.3) is 0 Å². The summed E-state index contributed by atoms with van der Waals surface area (Å²) in [6.45, 7) is 4.61. The molecular formula is C13H23N4S+. The lowest BCUT2D eigenvalue weighted by Crippen LogP contribution is -3.12. The Hall–Kier alpha value is -0.680. The van der Waals surface area contributed by atoms with E-state index in [1.165, 1.54) is 57.4 Å². The summed E-state index contributed by atoms with van der Waals surface area (Å²) in [6, 6.07) is 0. The summed E-state index contributed by atoms with van der Waals surface area (Å²) in [4.78, 5) is 1.64. The summed E-state index contributed by atoms with van der Waals surface area (Å²) in [6.07, 6.45) is 9.05. The van der Waals surface area contributed by atoms with Crippen LogP contribution in [-0.2, 0) is 19.6 Å². The van der Waals surface area contributed by atoms with Crippen LogP contribution in [0.2, 0.25) is 0 Å². The van der Waals surface area contributed by atoms with E-state index in [0.29, 0.717) is 0 Å². The number of likely N-dealkylation sites (tertiary alicyclic amines) is 1. The molecule has 0 atom stereocenters. The molecule has 1 saturated heterocycles. The van der Waals surface area contributed by atoms with E-state index < -0.39 is 0 Å². The maximum absolute atomic E-state index is 5.59. The molecule has 2 aliphatic heterocycles. The SMILES string of the molecule is S=c1n(C[NH+]2CCCCC2)nc2n1CCCCC2. The predicted molar refractivity (Wildman–Crippen MR) is 73.2 cm³/mol. The van der Waals surface area contributed by atoms with Gasteiger partial charge in [0.25, 0.3) is 0 Å². The molecule has 0 unspecified atom stereocenters. The van der Waals surface area contributed by atoms with E-state index in [2.05, 4.69) is 9.25 Å². The Balaban J connectivity index is 1.78. The minimum atomic E-state index is 0.949. The van der Waals surface area contributed by atoms with Crippen LogP contribution < -0.4 is 4.90 Å². The number of piperidine rings is 1. The van der Waals surface area contributed by atoms with Gasteiger partial charge in [-0.1, -0.05) is 6.42 Å². The fourth-order valence-corrected chi connectivity index (χ4v) is 3.45. The fraction of sp³-hybridized carbons (Fsp3) is 0.846. The van der Waals surface area contributed by atoms with Gasteiger partial charge in [-0.15, -0.1) is 0 Å². The molecule has 0 bridgehead atoms. The normalized spacial score (nSPS) is 21.6. The molecule has 1 aromatic rings. The summed E-state index contributed by atoms with van der Waals surface area (Å²) >= 11 is 5.59. The molecule has 0 amide bonds. The van der Waals surface area contributed by atoms with E-state index in [9.17, 15) is 0 Å². The first kappa shape index (κ1) is 12.4. The predicted octanol–water partition coefficient (Wildman–Crippen LogP) is 1.17. The Morgan fingerprint density at radius 2 is 1.83 bits per heavy atom. The van der Waals surface area contributed by atoms with Crippen molar-refractivity contribution in [3.05, 3.63) is 10.6 Å². The van der Waals surface area contributed by atoms with Crippen molar-refractivity contribution in [3.8, 4) is 0 Å². The number of nitrogens with one attached hydrogen (secondary N) is 1. The Labute approximate surface area is 114 Å². The van der Waals surface area contributed by atoms with Gasteiger partial charge in [-0.25, -0.2) is 0 Å². The van der Waals surface area contributed by atoms with Crippen LogP contribution in [0, 0.1) is 4.77 Å². The Morgan fingerprint density at radius 3 is 2.67 bits per heavy atom. The number of quaternary nitrogens is 1. The van der Waals surface area contributed by atoms with Gasteiger partial charge in [0.2, 0.25) is 4.77 Å². The monoisotopic (exact) mass is 267 g/mol. The van der Waals surface area contributed by atoms with Crippen LogP contribution in [0.5, 0.6) is 0 Å². The molecular weight excluding hydrogens is 244 g/mol. The topological polar surface area (TPSA) is 27.2 Å². The molecule has 3 rings (SSSR count). The van der Waals surface area contributed by atoms with Crippen LogP contribution in [0.1, 0.15) is 44.3 Å². The highest BCUT2D eigenvalue weighted by Crippen LogP contribution is 2.13. The lowest BCUT2D eigenvalue weighted by molar-refractivity contribution is -0.928. The first-order chi connectivity index (χ1) is 8.84. The smallest absolute Gasteiger partial charge is 0.202 e. The third-order valence-electron chi connectivity index (χ3n) is 4.22. The minimum absolute atomic E-state index is 0.949. The fourth-order valence-electron chi connectivity index (χ4n) is 3.15. The van der Waals surface area contributed by atoms with E-state index >= 15 is 0 Å². The molecule has 100 valence electrons. The van der Waals surface area contributed by atoms with Gasteiger partial charge in [0.05, 0.1) is 13.1 Å². The number of nitrogens with zero attached hydrogens (tertiary/aromatic N) is 3. The van der Waals surface area contributed by atoms with E-state index in [-0.39, 0.29) is 0 Å². The highest BCUT2D eigenvalue weighted by Gasteiger charge is 2.18. The first-order valence-electron chi connectivity index (χ1n) is 7.35. The molecule has 0 saturated carbocycles. The second kappa shape index (κ2) is 5.53. The molecule has 3 heterocycles. The average Bonchev–Trinajstić information content (AvgIpc) is 2.58. The Bertz CT molecular complexity index is 456. The van der Waals surface area contributed by atoms with Crippen LogP contribution in [0.4, 0.5) is 0 Å². The van der Waals surface area contributed by atoms with Gasteiger partial charge in [-0.05, 0) is 44.3 Å². The van der Waals surface area contributed by atoms with Crippen molar-refractivity contribution < 1.29 is 4.90 Å². The van der Waals surface area contributed by atoms with Crippen molar-refractivity contribution in [2.75, 3.05) is 13.1 Å². The number of aryl methyl sites for hydroxylation is 1. The molecule has 5 heteroatoms. The first-order valence-corrected chi connectivity index (χ1v) is 7.75.